The summed E-state index contributed by atoms with van der Waals surface area (Å²) in [4.78, 5) is 8.89. The van der Waals surface area contributed by atoms with Crippen molar-refractivity contribution in [1.82, 2.24) is 30.4 Å². The van der Waals surface area contributed by atoms with Gasteiger partial charge in [0.15, 0.2) is 11.6 Å². The number of hydrogen-bond acceptors (Lipinski definition) is 6. The molecule has 6 nitrogen and oxygen atoms in total. The highest BCUT2D eigenvalue weighted by Crippen LogP contribution is 2.35. The normalized spacial score (nSPS) is 11.3. The molecule has 0 amide bonds. The van der Waals surface area contributed by atoms with Crippen molar-refractivity contribution < 1.29 is 0 Å². The number of benzene rings is 5. The summed E-state index contributed by atoms with van der Waals surface area (Å²) < 4.78 is 0. The van der Waals surface area contributed by atoms with Crippen molar-refractivity contribution in [1.29, 1.82) is 0 Å². The zero-order valence-electron chi connectivity index (χ0n) is 19.1. The van der Waals surface area contributed by atoms with Crippen molar-refractivity contribution >= 4 is 32.3 Å². The first-order chi connectivity index (χ1) is 17.8. The summed E-state index contributed by atoms with van der Waals surface area (Å²) in [6.07, 6.45) is 4.98. The summed E-state index contributed by atoms with van der Waals surface area (Å²) in [7, 11) is 0. The van der Waals surface area contributed by atoms with Crippen LogP contribution in [-0.4, -0.2) is 30.4 Å². The molecule has 36 heavy (non-hydrogen) atoms. The maximum absolute atomic E-state index is 4.65. The second-order valence-corrected chi connectivity index (χ2v) is 8.60. The molecule has 0 atom stereocenters. The molecule has 0 fully saturated rings. The van der Waals surface area contributed by atoms with E-state index in [0.29, 0.717) is 11.6 Å². The summed E-state index contributed by atoms with van der Waals surface area (Å²) >= 11 is 0. The summed E-state index contributed by atoms with van der Waals surface area (Å²) in [5.74, 6) is 1.14. The molecule has 5 aromatic carbocycles. The molecule has 0 spiro atoms. The monoisotopic (exact) mass is 462 g/mol. The maximum Gasteiger partial charge on any atom is 0.181 e. The molecule has 0 saturated carbocycles. The van der Waals surface area contributed by atoms with Crippen LogP contribution in [0.25, 0.3) is 66.4 Å². The van der Waals surface area contributed by atoms with Gasteiger partial charge in [-0.3, -0.25) is 0 Å². The predicted molar refractivity (Wildman–Crippen MR) is 142 cm³/mol. The number of aromatic nitrogens is 6. The third-order valence-electron chi connectivity index (χ3n) is 6.45. The van der Waals surface area contributed by atoms with Gasteiger partial charge in [0.2, 0.25) is 0 Å². The van der Waals surface area contributed by atoms with Crippen LogP contribution >= 0.6 is 0 Å². The molecule has 0 aliphatic rings. The summed E-state index contributed by atoms with van der Waals surface area (Å²) in [5.41, 5.74) is 3.51. The first-order valence-electron chi connectivity index (χ1n) is 11.6. The van der Waals surface area contributed by atoms with E-state index in [1.165, 1.54) is 21.5 Å². The van der Waals surface area contributed by atoms with E-state index in [1.54, 1.807) is 18.6 Å². The van der Waals surface area contributed by atoms with Crippen molar-refractivity contribution in [3.8, 4) is 34.0 Å². The largest absolute Gasteiger partial charge is 0.233 e. The molecule has 6 heteroatoms. The molecule has 0 aliphatic carbocycles. The first kappa shape index (κ1) is 20.3. The lowest BCUT2D eigenvalue weighted by molar-refractivity contribution is 0.978. The van der Waals surface area contributed by atoms with Gasteiger partial charge in [-0.2, -0.15) is 5.10 Å². The average molecular weight is 463 g/mol. The third-order valence-corrected chi connectivity index (χ3v) is 6.45. The van der Waals surface area contributed by atoms with Crippen LogP contribution in [0.15, 0.2) is 110 Å². The molecule has 0 unspecified atom stereocenters. The minimum atomic E-state index is 0.563. The molecule has 0 radical (unpaired) electrons. The second-order valence-electron chi connectivity index (χ2n) is 8.60. The van der Waals surface area contributed by atoms with Crippen LogP contribution in [0.5, 0.6) is 0 Å². The van der Waals surface area contributed by atoms with Gasteiger partial charge in [-0.15, -0.1) is 15.3 Å². The van der Waals surface area contributed by atoms with Crippen molar-refractivity contribution in [3.63, 3.8) is 0 Å². The molecule has 0 aliphatic heterocycles. The molecule has 7 rings (SSSR count). The lowest BCUT2D eigenvalue weighted by Gasteiger charge is -2.11. The summed E-state index contributed by atoms with van der Waals surface area (Å²) in [5, 5.41) is 24.1. The Labute approximate surface area is 206 Å². The molecule has 0 saturated heterocycles. The minimum Gasteiger partial charge on any atom is -0.233 e. The van der Waals surface area contributed by atoms with E-state index < -0.39 is 0 Å². The third kappa shape index (κ3) is 3.44. The second kappa shape index (κ2) is 8.29. The van der Waals surface area contributed by atoms with Gasteiger partial charge in [0.25, 0.3) is 0 Å². The fraction of sp³-hybridized carbons (Fsp3) is 0. The van der Waals surface area contributed by atoms with Gasteiger partial charge in [0, 0.05) is 22.9 Å². The lowest BCUT2D eigenvalue weighted by Crippen LogP contribution is -1.96. The van der Waals surface area contributed by atoms with E-state index in [9.17, 15) is 0 Å². The van der Waals surface area contributed by atoms with Crippen LogP contribution in [0.4, 0.5) is 0 Å². The molecular formula is C30H18N6. The SMILES string of the molecule is c1ccc2cc3c(ccc4cccc(-c5cnc(-c6ccc(-c7nccnn7)cc6)nn5)c43)cc2c1. The lowest BCUT2D eigenvalue weighted by atomic mass is 9.94. The summed E-state index contributed by atoms with van der Waals surface area (Å²) in [6.45, 7) is 0. The highest BCUT2D eigenvalue weighted by molar-refractivity contribution is 6.16. The molecule has 7 aromatic rings. The highest BCUT2D eigenvalue weighted by Gasteiger charge is 2.12. The quantitative estimate of drug-likeness (QED) is 0.220. The fourth-order valence-corrected chi connectivity index (χ4v) is 4.69. The van der Waals surface area contributed by atoms with Crippen molar-refractivity contribution in [2.24, 2.45) is 0 Å². The predicted octanol–water partition coefficient (Wildman–Crippen LogP) is 6.52. The molecule has 168 valence electrons. The Kier molecular flexibility index (Phi) is 4.67. The van der Waals surface area contributed by atoms with Gasteiger partial charge in [0.05, 0.1) is 12.4 Å². The van der Waals surface area contributed by atoms with Crippen LogP contribution in [0.1, 0.15) is 0 Å². The Bertz CT molecular complexity index is 1870. The van der Waals surface area contributed by atoms with Gasteiger partial charge >= 0.3 is 0 Å². The van der Waals surface area contributed by atoms with Gasteiger partial charge < -0.3 is 0 Å². The first-order valence-corrected chi connectivity index (χ1v) is 11.6. The van der Waals surface area contributed by atoms with Gasteiger partial charge in [-0.05, 0) is 44.5 Å². The van der Waals surface area contributed by atoms with E-state index in [1.807, 2.05) is 24.3 Å². The fourth-order valence-electron chi connectivity index (χ4n) is 4.69. The molecular weight excluding hydrogens is 444 g/mol. The Morgan fingerprint density at radius 3 is 1.94 bits per heavy atom. The number of hydrogen-bond donors (Lipinski definition) is 0. The molecule has 2 aromatic heterocycles. The Hall–Kier alpha value is -5.10. The average Bonchev–Trinajstić information content (AvgIpc) is 2.96. The van der Waals surface area contributed by atoms with Crippen LogP contribution in [0, 0.1) is 0 Å². The van der Waals surface area contributed by atoms with Gasteiger partial charge in [0.1, 0.15) is 5.69 Å². The molecule has 2 heterocycles. The zero-order valence-corrected chi connectivity index (χ0v) is 19.1. The number of nitrogens with zero attached hydrogens (tertiary/aromatic N) is 6. The van der Waals surface area contributed by atoms with Gasteiger partial charge in [-0.25, -0.2) is 9.97 Å². The smallest absolute Gasteiger partial charge is 0.181 e. The number of fused-ring (bicyclic) bond motifs is 4. The van der Waals surface area contributed by atoms with E-state index in [2.05, 4.69) is 97.1 Å². The van der Waals surface area contributed by atoms with E-state index in [-0.39, 0.29) is 0 Å². The molecule has 0 N–H and O–H groups in total. The van der Waals surface area contributed by atoms with E-state index in [4.69, 9.17) is 0 Å². The maximum atomic E-state index is 4.65. The van der Waals surface area contributed by atoms with Crippen molar-refractivity contribution in [2.45, 2.75) is 0 Å². The Morgan fingerprint density at radius 2 is 1.22 bits per heavy atom. The van der Waals surface area contributed by atoms with Crippen LogP contribution in [0.3, 0.4) is 0 Å². The van der Waals surface area contributed by atoms with Crippen molar-refractivity contribution in [3.05, 3.63) is 110 Å². The van der Waals surface area contributed by atoms with Gasteiger partial charge in [-0.1, -0.05) is 78.9 Å². The Balaban J connectivity index is 1.31. The van der Waals surface area contributed by atoms with E-state index >= 15 is 0 Å². The molecule has 0 bridgehead atoms. The zero-order chi connectivity index (χ0) is 23.9. The topological polar surface area (TPSA) is 77.3 Å². The minimum absolute atomic E-state index is 0.563. The van der Waals surface area contributed by atoms with Crippen molar-refractivity contribution in [2.75, 3.05) is 0 Å². The van der Waals surface area contributed by atoms with Crippen LogP contribution in [0.2, 0.25) is 0 Å². The summed E-state index contributed by atoms with van der Waals surface area (Å²) in [6, 6.07) is 31.3. The highest BCUT2D eigenvalue weighted by atomic mass is 15.2. The van der Waals surface area contributed by atoms with Crippen LogP contribution < -0.4 is 0 Å². The van der Waals surface area contributed by atoms with E-state index in [0.717, 1.165) is 33.2 Å². The van der Waals surface area contributed by atoms with Crippen LogP contribution in [-0.2, 0) is 0 Å². The Morgan fingerprint density at radius 1 is 0.500 bits per heavy atom. The standard InChI is InChI=1S/C30H18N6/c1-2-5-23-17-26-24(16-22(23)4-1)13-8-19-6-3-7-25(28(19)26)27-18-32-30(36-34-27)21-11-9-20(10-12-21)29-31-14-15-33-35-29/h1-18H. The number of rotatable bonds is 3.